The van der Waals surface area contributed by atoms with Crippen molar-refractivity contribution in [2.75, 3.05) is 7.05 Å². The van der Waals surface area contributed by atoms with Crippen LogP contribution in [-0.2, 0) is 24.3 Å². The van der Waals surface area contributed by atoms with E-state index in [1.165, 1.54) is 4.88 Å². The second kappa shape index (κ2) is 6.50. The number of benzene rings is 1. The SMILES string of the molecule is CN(Cc1cccs1)C(=O)Cc1ccccc1CN. The summed E-state index contributed by atoms with van der Waals surface area (Å²) < 4.78 is 0. The third-order valence-corrected chi connectivity index (χ3v) is 3.94. The molecule has 0 atom stereocenters. The maximum Gasteiger partial charge on any atom is 0.227 e. The molecule has 4 heteroatoms. The fourth-order valence-electron chi connectivity index (χ4n) is 1.95. The number of carbonyl (C=O) groups excluding carboxylic acids is 1. The number of hydrogen-bond acceptors (Lipinski definition) is 3. The Morgan fingerprint density at radius 1 is 1.21 bits per heavy atom. The number of hydrogen-bond donors (Lipinski definition) is 1. The highest BCUT2D eigenvalue weighted by Gasteiger charge is 2.12. The van der Waals surface area contributed by atoms with Gasteiger partial charge in [-0.15, -0.1) is 11.3 Å². The molecule has 2 rings (SSSR count). The zero-order valence-corrected chi connectivity index (χ0v) is 11.8. The van der Waals surface area contributed by atoms with E-state index in [9.17, 15) is 4.79 Å². The number of thiophene rings is 1. The Bertz CT molecular complexity index is 537. The minimum atomic E-state index is 0.120. The van der Waals surface area contributed by atoms with Crippen LogP contribution in [0.5, 0.6) is 0 Å². The van der Waals surface area contributed by atoms with Gasteiger partial charge in [-0.1, -0.05) is 30.3 Å². The van der Waals surface area contributed by atoms with Gasteiger partial charge in [0.2, 0.25) is 5.91 Å². The molecule has 0 saturated carbocycles. The predicted octanol–water partition coefficient (Wildman–Crippen LogP) is 2.41. The molecule has 0 bridgehead atoms. The quantitative estimate of drug-likeness (QED) is 0.910. The van der Waals surface area contributed by atoms with Gasteiger partial charge in [-0.25, -0.2) is 0 Å². The van der Waals surface area contributed by atoms with Crippen molar-refractivity contribution in [3.63, 3.8) is 0 Å². The molecule has 1 aromatic heterocycles. The molecule has 19 heavy (non-hydrogen) atoms. The third kappa shape index (κ3) is 3.66. The molecule has 0 aliphatic carbocycles. The minimum absolute atomic E-state index is 0.120. The summed E-state index contributed by atoms with van der Waals surface area (Å²) in [5.74, 6) is 0.120. The van der Waals surface area contributed by atoms with Crippen molar-refractivity contribution in [1.82, 2.24) is 4.90 Å². The Labute approximate surface area is 117 Å². The van der Waals surface area contributed by atoms with Crippen molar-refractivity contribution >= 4 is 17.2 Å². The van der Waals surface area contributed by atoms with Gasteiger partial charge in [0.1, 0.15) is 0 Å². The molecule has 1 aromatic carbocycles. The summed E-state index contributed by atoms with van der Waals surface area (Å²) in [5.41, 5.74) is 7.75. The van der Waals surface area contributed by atoms with Gasteiger partial charge in [-0.2, -0.15) is 0 Å². The van der Waals surface area contributed by atoms with Gasteiger partial charge in [0.15, 0.2) is 0 Å². The normalized spacial score (nSPS) is 10.4. The van der Waals surface area contributed by atoms with Crippen LogP contribution in [0.15, 0.2) is 41.8 Å². The number of likely N-dealkylation sites (N-methyl/N-ethyl adjacent to an activating group) is 1. The van der Waals surface area contributed by atoms with Crippen LogP contribution >= 0.6 is 11.3 Å². The van der Waals surface area contributed by atoms with Crippen molar-refractivity contribution in [3.8, 4) is 0 Å². The summed E-state index contributed by atoms with van der Waals surface area (Å²) in [4.78, 5) is 15.2. The second-order valence-electron chi connectivity index (χ2n) is 4.48. The van der Waals surface area contributed by atoms with E-state index in [1.807, 2.05) is 48.8 Å². The fourth-order valence-corrected chi connectivity index (χ4v) is 2.71. The van der Waals surface area contributed by atoms with Crippen LogP contribution in [-0.4, -0.2) is 17.9 Å². The molecular weight excluding hydrogens is 256 g/mol. The average Bonchev–Trinajstić information content (AvgIpc) is 2.92. The lowest BCUT2D eigenvalue weighted by atomic mass is 10.0. The van der Waals surface area contributed by atoms with Crippen LogP contribution in [0.1, 0.15) is 16.0 Å². The molecule has 0 unspecified atom stereocenters. The summed E-state index contributed by atoms with van der Waals surface area (Å²) in [6, 6.07) is 11.9. The minimum Gasteiger partial charge on any atom is -0.340 e. The molecule has 0 aliphatic heterocycles. The van der Waals surface area contributed by atoms with Crippen LogP contribution in [0, 0.1) is 0 Å². The van der Waals surface area contributed by atoms with E-state index in [0.717, 1.165) is 11.1 Å². The van der Waals surface area contributed by atoms with Gasteiger partial charge < -0.3 is 10.6 Å². The Morgan fingerprint density at radius 3 is 2.58 bits per heavy atom. The first-order valence-electron chi connectivity index (χ1n) is 6.24. The van der Waals surface area contributed by atoms with Crippen LogP contribution in [0.25, 0.3) is 0 Å². The summed E-state index contributed by atoms with van der Waals surface area (Å²) in [6.45, 7) is 1.14. The van der Waals surface area contributed by atoms with E-state index >= 15 is 0 Å². The zero-order chi connectivity index (χ0) is 13.7. The molecule has 0 fully saturated rings. The Kier molecular flexibility index (Phi) is 4.71. The highest BCUT2D eigenvalue weighted by atomic mass is 32.1. The van der Waals surface area contributed by atoms with E-state index in [4.69, 9.17) is 5.73 Å². The van der Waals surface area contributed by atoms with Crippen LogP contribution in [0.2, 0.25) is 0 Å². The lowest BCUT2D eigenvalue weighted by molar-refractivity contribution is -0.129. The molecule has 0 aliphatic rings. The van der Waals surface area contributed by atoms with Gasteiger partial charge in [0, 0.05) is 18.5 Å². The van der Waals surface area contributed by atoms with Gasteiger partial charge in [-0.3, -0.25) is 4.79 Å². The second-order valence-corrected chi connectivity index (χ2v) is 5.51. The van der Waals surface area contributed by atoms with Crippen molar-refractivity contribution < 1.29 is 4.79 Å². The average molecular weight is 274 g/mol. The standard InChI is InChI=1S/C15H18N2OS/c1-17(11-14-7-4-8-19-14)15(18)9-12-5-2-3-6-13(12)10-16/h2-8H,9-11,16H2,1H3. The molecule has 0 saturated heterocycles. The lowest BCUT2D eigenvalue weighted by Crippen LogP contribution is -2.27. The summed E-state index contributed by atoms with van der Waals surface area (Å²) in [6.07, 6.45) is 0.412. The molecule has 1 heterocycles. The summed E-state index contributed by atoms with van der Waals surface area (Å²) in [5, 5.41) is 2.03. The van der Waals surface area contributed by atoms with Crippen molar-refractivity contribution in [2.45, 2.75) is 19.5 Å². The molecule has 3 nitrogen and oxygen atoms in total. The molecule has 100 valence electrons. The zero-order valence-electron chi connectivity index (χ0n) is 11.0. The van der Waals surface area contributed by atoms with Crippen molar-refractivity contribution in [1.29, 1.82) is 0 Å². The Hall–Kier alpha value is -1.65. The molecule has 0 radical (unpaired) electrons. The fraction of sp³-hybridized carbons (Fsp3) is 0.267. The highest BCUT2D eigenvalue weighted by molar-refractivity contribution is 7.09. The smallest absolute Gasteiger partial charge is 0.227 e. The van der Waals surface area contributed by atoms with E-state index in [2.05, 4.69) is 0 Å². The topological polar surface area (TPSA) is 46.3 Å². The van der Waals surface area contributed by atoms with Crippen LogP contribution < -0.4 is 5.73 Å². The number of nitrogens with two attached hydrogens (primary N) is 1. The van der Waals surface area contributed by atoms with Crippen LogP contribution in [0.3, 0.4) is 0 Å². The van der Waals surface area contributed by atoms with Crippen molar-refractivity contribution in [3.05, 3.63) is 57.8 Å². The monoisotopic (exact) mass is 274 g/mol. The Morgan fingerprint density at radius 2 is 1.95 bits per heavy atom. The van der Waals surface area contributed by atoms with E-state index < -0.39 is 0 Å². The maximum absolute atomic E-state index is 12.2. The summed E-state index contributed by atoms with van der Waals surface area (Å²) >= 11 is 1.67. The molecule has 2 aromatic rings. The number of amides is 1. The molecule has 0 spiro atoms. The van der Waals surface area contributed by atoms with Crippen LogP contribution in [0.4, 0.5) is 0 Å². The van der Waals surface area contributed by atoms with Crippen molar-refractivity contribution in [2.24, 2.45) is 5.73 Å². The Balaban J connectivity index is 2.00. The number of rotatable bonds is 5. The largest absolute Gasteiger partial charge is 0.340 e. The predicted molar refractivity (Wildman–Crippen MR) is 78.8 cm³/mol. The number of nitrogens with zero attached hydrogens (tertiary/aromatic N) is 1. The van der Waals surface area contributed by atoms with Gasteiger partial charge >= 0.3 is 0 Å². The first-order chi connectivity index (χ1) is 9.20. The third-order valence-electron chi connectivity index (χ3n) is 3.08. The van der Waals surface area contributed by atoms with E-state index in [-0.39, 0.29) is 5.91 Å². The van der Waals surface area contributed by atoms with Gasteiger partial charge in [-0.05, 0) is 22.6 Å². The highest BCUT2D eigenvalue weighted by Crippen LogP contribution is 2.13. The first-order valence-corrected chi connectivity index (χ1v) is 7.12. The molecule has 1 amide bonds. The summed E-state index contributed by atoms with van der Waals surface area (Å²) in [7, 11) is 1.84. The lowest BCUT2D eigenvalue weighted by Gasteiger charge is -2.17. The molecular formula is C15H18N2OS. The maximum atomic E-state index is 12.2. The van der Waals surface area contributed by atoms with E-state index in [1.54, 1.807) is 16.2 Å². The number of carbonyl (C=O) groups is 1. The van der Waals surface area contributed by atoms with Gasteiger partial charge in [0.25, 0.3) is 0 Å². The first kappa shape index (κ1) is 13.8. The van der Waals surface area contributed by atoms with E-state index in [0.29, 0.717) is 19.5 Å². The van der Waals surface area contributed by atoms with Gasteiger partial charge in [0.05, 0.1) is 13.0 Å². The molecule has 2 N–H and O–H groups in total.